The van der Waals surface area contributed by atoms with E-state index in [1.165, 1.54) is 34.9 Å². The molecule has 27 heavy (non-hydrogen) atoms. The molecule has 2 aliphatic rings. The van der Waals surface area contributed by atoms with E-state index in [1.807, 2.05) is 13.0 Å². The molecular formula is C18H26N4O3S2. The van der Waals surface area contributed by atoms with Crippen LogP contribution < -0.4 is 5.32 Å². The Labute approximate surface area is 163 Å². The highest BCUT2D eigenvalue weighted by atomic mass is 32.2. The Morgan fingerprint density at radius 3 is 2.78 bits per heavy atom. The number of thiophene rings is 1. The Bertz CT molecular complexity index is 941. The fourth-order valence-electron chi connectivity index (χ4n) is 4.08. The van der Waals surface area contributed by atoms with Crippen LogP contribution in [0.25, 0.3) is 10.2 Å². The van der Waals surface area contributed by atoms with E-state index < -0.39 is 10.0 Å². The van der Waals surface area contributed by atoms with Crippen molar-refractivity contribution in [3.8, 4) is 0 Å². The maximum Gasteiger partial charge on any atom is 0.261 e. The Kier molecular flexibility index (Phi) is 5.26. The molecule has 0 aromatic carbocycles. The number of carbonyl (C=O) groups excluding carboxylic acids is 1. The van der Waals surface area contributed by atoms with Gasteiger partial charge in [-0.2, -0.15) is 5.10 Å². The smallest absolute Gasteiger partial charge is 0.261 e. The molecule has 0 bridgehead atoms. The number of nitrogens with zero attached hydrogens (tertiary/aromatic N) is 3. The second-order valence-corrected chi connectivity index (χ2v) is 10.6. The van der Waals surface area contributed by atoms with Crippen LogP contribution in [-0.2, 0) is 10.0 Å². The molecule has 1 saturated heterocycles. The summed E-state index contributed by atoms with van der Waals surface area (Å²) in [6.07, 6.45) is 6.75. The van der Waals surface area contributed by atoms with Crippen LogP contribution in [-0.4, -0.2) is 53.8 Å². The molecule has 0 radical (unpaired) electrons. The van der Waals surface area contributed by atoms with Gasteiger partial charge >= 0.3 is 0 Å². The second-order valence-electron chi connectivity index (χ2n) is 7.48. The van der Waals surface area contributed by atoms with Gasteiger partial charge in [-0.1, -0.05) is 19.3 Å². The lowest BCUT2D eigenvalue weighted by Crippen LogP contribution is -2.35. The largest absolute Gasteiger partial charge is 0.350 e. The van der Waals surface area contributed by atoms with Crippen molar-refractivity contribution in [3.05, 3.63) is 16.6 Å². The van der Waals surface area contributed by atoms with Gasteiger partial charge in [0.2, 0.25) is 10.0 Å². The molecule has 9 heteroatoms. The number of aryl methyl sites for hydroxylation is 1. The third-order valence-electron chi connectivity index (χ3n) is 5.56. The minimum atomic E-state index is -3.11. The normalized spacial score (nSPS) is 21.1. The summed E-state index contributed by atoms with van der Waals surface area (Å²) in [5, 5.41) is 8.65. The topological polar surface area (TPSA) is 84.3 Å². The highest BCUT2D eigenvalue weighted by Gasteiger charge is 2.28. The molecule has 0 spiro atoms. The van der Waals surface area contributed by atoms with Crippen LogP contribution >= 0.6 is 11.3 Å². The second kappa shape index (κ2) is 7.52. The average molecular weight is 411 g/mol. The van der Waals surface area contributed by atoms with Crippen LogP contribution in [0.3, 0.4) is 0 Å². The number of amides is 1. The van der Waals surface area contributed by atoms with Gasteiger partial charge in [0, 0.05) is 25.0 Å². The number of hydrogen-bond acceptors (Lipinski definition) is 5. The molecule has 148 valence electrons. The molecule has 2 fully saturated rings. The van der Waals surface area contributed by atoms with Crippen molar-refractivity contribution in [2.24, 2.45) is 0 Å². The molecule has 2 aromatic heterocycles. The molecule has 0 atom stereocenters. The summed E-state index contributed by atoms with van der Waals surface area (Å²) in [5.41, 5.74) is 0.967. The van der Waals surface area contributed by atoms with Crippen molar-refractivity contribution in [1.29, 1.82) is 0 Å². The van der Waals surface area contributed by atoms with Crippen molar-refractivity contribution < 1.29 is 13.2 Å². The minimum Gasteiger partial charge on any atom is -0.350 e. The maximum absolute atomic E-state index is 12.5. The van der Waals surface area contributed by atoms with E-state index >= 15 is 0 Å². The first-order chi connectivity index (χ1) is 13.0. The van der Waals surface area contributed by atoms with Crippen molar-refractivity contribution in [2.75, 3.05) is 25.4 Å². The van der Waals surface area contributed by atoms with Crippen LogP contribution in [0, 0.1) is 6.92 Å². The van der Waals surface area contributed by atoms with E-state index in [4.69, 9.17) is 5.10 Å². The first-order valence-corrected chi connectivity index (χ1v) is 12.1. The zero-order valence-electron chi connectivity index (χ0n) is 15.6. The average Bonchev–Trinajstić information content (AvgIpc) is 3.31. The fraction of sp³-hybridized carbons (Fsp3) is 0.667. The zero-order chi connectivity index (χ0) is 19.0. The van der Waals surface area contributed by atoms with Crippen LogP contribution in [0.5, 0.6) is 0 Å². The number of aromatic nitrogens is 2. The number of carbonyl (C=O) groups is 1. The highest BCUT2D eigenvalue weighted by Crippen LogP contribution is 2.35. The summed E-state index contributed by atoms with van der Waals surface area (Å²) in [7, 11) is -3.11. The van der Waals surface area contributed by atoms with Crippen molar-refractivity contribution in [1.82, 2.24) is 19.4 Å². The van der Waals surface area contributed by atoms with Crippen LogP contribution in [0.4, 0.5) is 0 Å². The van der Waals surface area contributed by atoms with Crippen LogP contribution in [0.2, 0.25) is 0 Å². The lowest BCUT2D eigenvalue weighted by molar-refractivity contribution is 0.0956. The molecule has 1 N–H and O–H groups in total. The van der Waals surface area contributed by atoms with Gasteiger partial charge in [-0.05, 0) is 32.3 Å². The van der Waals surface area contributed by atoms with Gasteiger partial charge in [0.15, 0.2) is 0 Å². The van der Waals surface area contributed by atoms with E-state index in [2.05, 4.69) is 10.00 Å². The van der Waals surface area contributed by atoms with E-state index in [0.717, 1.165) is 28.8 Å². The number of rotatable bonds is 5. The van der Waals surface area contributed by atoms with Gasteiger partial charge in [-0.15, -0.1) is 11.3 Å². The van der Waals surface area contributed by atoms with E-state index in [0.29, 0.717) is 37.0 Å². The lowest BCUT2D eigenvalue weighted by Gasteiger charge is -2.22. The molecule has 4 rings (SSSR count). The molecule has 2 aromatic rings. The Morgan fingerprint density at radius 2 is 2.07 bits per heavy atom. The van der Waals surface area contributed by atoms with E-state index in [9.17, 15) is 13.2 Å². The standard InChI is InChI=1S/C18H26N4O3S2/c1-13-15-12-16(17(23)19-8-10-21-9-5-11-27(21,24)25)26-18(15)22(20-13)14-6-3-2-4-7-14/h12,14H,2-11H2,1H3,(H,19,23). The molecule has 1 aliphatic heterocycles. The van der Waals surface area contributed by atoms with Gasteiger partial charge in [-0.25, -0.2) is 12.7 Å². The third-order valence-corrected chi connectivity index (χ3v) is 8.64. The zero-order valence-corrected chi connectivity index (χ0v) is 17.2. The van der Waals surface area contributed by atoms with Crippen molar-refractivity contribution in [3.63, 3.8) is 0 Å². The van der Waals surface area contributed by atoms with Gasteiger partial charge in [0.1, 0.15) is 4.83 Å². The lowest BCUT2D eigenvalue weighted by atomic mass is 9.96. The fourth-order valence-corrected chi connectivity index (χ4v) is 6.76. The Morgan fingerprint density at radius 1 is 1.30 bits per heavy atom. The predicted molar refractivity (Wildman–Crippen MR) is 107 cm³/mol. The van der Waals surface area contributed by atoms with Gasteiger partial charge in [0.25, 0.3) is 5.91 Å². The summed E-state index contributed by atoms with van der Waals surface area (Å²) in [5.74, 6) is 0.0798. The number of sulfonamides is 1. The van der Waals surface area contributed by atoms with Crippen molar-refractivity contribution in [2.45, 2.75) is 51.5 Å². The quantitative estimate of drug-likeness (QED) is 0.821. The maximum atomic E-state index is 12.5. The molecule has 3 heterocycles. The first-order valence-electron chi connectivity index (χ1n) is 9.70. The monoisotopic (exact) mass is 410 g/mol. The number of nitrogens with one attached hydrogen (secondary N) is 1. The summed E-state index contributed by atoms with van der Waals surface area (Å²) in [6.45, 7) is 3.22. The summed E-state index contributed by atoms with van der Waals surface area (Å²) < 4.78 is 27.2. The molecule has 1 saturated carbocycles. The minimum absolute atomic E-state index is 0.137. The van der Waals surface area contributed by atoms with E-state index in [-0.39, 0.29) is 11.7 Å². The highest BCUT2D eigenvalue weighted by molar-refractivity contribution is 7.89. The van der Waals surface area contributed by atoms with Crippen LogP contribution in [0.15, 0.2) is 6.07 Å². The van der Waals surface area contributed by atoms with E-state index in [1.54, 1.807) is 0 Å². The Balaban J connectivity index is 1.44. The SMILES string of the molecule is Cc1nn(C2CCCCC2)c2sc(C(=O)NCCN3CCCS3(=O)=O)cc12. The van der Waals surface area contributed by atoms with Crippen molar-refractivity contribution >= 4 is 37.5 Å². The number of fused-ring (bicyclic) bond motifs is 1. The molecule has 0 unspecified atom stereocenters. The molecule has 1 amide bonds. The molecule has 7 nitrogen and oxygen atoms in total. The Hall–Kier alpha value is -1.45. The predicted octanol–water partition coefficient (Wildman–Crippen LogP) is 2.68. The first kappa shape index (κ1) is 18.9. The van der Waals surface area contributed by atoms with Gasteiger partial charge in [-0.3, -0.25) is 9.48 Å². The molecular weight excluding hydrogens is 384 g/mol. The molecule has 1 aliphatic carbocycles. The summed E-state index contributed by atoms with van der Waals surface area (Å²) in [6, 6.07) is 2.36. The third kappa shape index (κ3) is 3.77. The summed E-state index contributed by atoms with van der Waals surface area (Å²) >= 11 is 1.49. The van der Waals surface area contributed by atoms with Gasteiger partial charge < -0.3 is 5.32 Å². The van der Waals surface area contributed by atoms with Gasteiger partial charge in [0.05, 0.1) is 22.4 Å². The summed E-state index contributed by atoms with van der Waals surface area (Å²) in [4.78, 5) is 14.3. The van der Waals surface area contributed by atoms with Crippen LogP contribution in [0.1, 0.15) is 59.9 Å². The number of hydrogen-bond donors (Lipinski definition) is 1.